The molecule has 3 aromatic carbocycles. The Kier molecular flexibility index (Phi) is 5.55. The van der Waals surface area contributed by atoms with Crippen LogP contribution in [-0.4, -0.2) is 33.5 Å². The number of rotatable bonds is 6. The molecular formula is C23H19FN4O4. The van der Waals surface area contributed by atoms with E-state index in [-0.39, 0.29) is 11.1 Å². The van der Waals surface area contributed by atoms with Crippen LogP contribution in [0.2, 0.25) is 0 Å². The zero-order valence-electron chi connectivity index (χ0n) is 17.0. The molecule has 4 N–H and O–H groups in total. The Morgan fingerprint density at radius 1 is 1.12 bits per heavy atom. The Balaban J connectivity index is 1.56. The first kappa shape index (κ1) is 21.0. The van der Waals surface area contributed by atoms with Crippen LogP contribution < -0.4 is 16.2 Å². The van der Waals surface area contributed by atoms with Crippen LogP contribution in [0.5, 0.6) is 0 Å². The summed E-state index contributed by atoms with van der Waals surface area (Å²) in [7, 11) is 0. The minimum atomic E-state index is -1.21. The molecule has 8 nitrogen and oxygen atoms in total. The van der Waals surface area contributed by atoms with Crippen molar-refractivity contribution >= 4 is 39.2 Å². The molecule has 0 fully saturated rings. The van der Waals surface area contributed by atoms with Crippen LogP contribution in [0.1, 0.15) is 21.7 Å². The number of fused-ring (bicyclic) bond motifs is 3. The third-order valence-electron chi connectivity index (χ3n) is 4.98. The summed E-state index contributed by atoms with van der Waals surface area (Å²) in [4.78, 5) is 42.0. The highest BCUT2D eigenvalue weighted by molar-refractivity contribution is 6.05. The van der Waals surface area contributed by atoms with Gasteiger partial charge in [-0.25, -0.2) is 9.37 Å². The third-order valence-corrected chi connectivity index (χ3v) is 4.98. The van der Waals surface area contributed by atoms with Gasteiger partial charge < -0.3 is 20.7 Å². The fourth-order valence-electron chi connectivity index (χ4n) is 3.50. The second-order valence-electron chi connectivity index (χ2n) is 7.29. The Bertz CT molecular complexity index is 1430. The molecule has 1 heterocycles. The van der Waals surface area contributed by atoms with Gasteiger partial charge in [-0.2, -0.15) is 0 Å². The van der Waals surface area contributed by atoms with Crippen molar-refractivity contribution in [1.29, 1.82) is 0 Å². The molecule has 9 heteroatoms. The van der Waals surface area contributed by atoms with Crippen LogP contribution in [-0.2, 0) is 11.3 Å². The van der Waals surface area contributed by atoms with E-state index in [4.69, 9.17) is 5.11 Å². The number of carboxylic acid groups (broad SMARTS) is 1. The fraction of sp³-hybridized carbons (Fsp3) is 0.130. The number of nitrogens with one attached hydrogen (secondary N) is 3. The first-order valence-corrected chi connectivity index (χ1v) is 9.77. The first-order valence-electron chi connectivity index (χ1n) is 9.77. The first-order chi connectivity index (χ1) is 15.3. The van der Waals surface area contributed by atoms with E-state index in [0.717, 1.165) is 16.3 Å². The van der Waals surface area contributed by atoms with Gasteiger partial charge in [-0.3, -0.25) is 14.4 Å². The zero-order chi connectivity index (χ0) is 22.8. The van der Waals surface area contributed by atoms with E-state index >= 15 is 0 Å². The highest BCUT2D eigenvalue weighted by Crippen LogP contribution is 2.24. The Hall–Kier alpha value is -4.27. The quantitative estimate of drug-likeness (QED) is 0.346. The summed E-state index contributed by atoms with van der Waals surface area (Å²) in [5.74, 6) is -2.24. The fourth-order valence-corrected chi connectivity index (χ4v) is 3.50. The Labute approximate surface area is 181 Å². The van der Waals surface area contributed by atoms with Crippen LogP contribution in [0.25, 0.3) is 21.7 Å². The zero-order valence-corrected chi connectivity index (χ0v) is 17.0. The van der Waals surface area contributed by atoms with Gasteiger partial charge in [0.25, 0.3) is 11.5 Å². The largest absolute Gasteiger partial charge is 0.480 e. The molecular weight excluding hydrogens is 415 g/mol. The second-order valence-corrected chi connectivity index (χ2v) is 7.29. The highest BCUT2D eigenvalue weighted by Gasteiger charge is 2.13. The number of aliphatic carboxylic acids is 1. The van der Waals surface area contributed by atoms with Gasteiger partial charge in [-0.05, 0) is 53.6 Å². The van der Waals surface area contributed by atoms with Crippen LogP contribution >= 0.6 is 0 Å². The number of amides is 1. The van der Waals surface area contributed by atoms with E-state index < -0.39 is 24.2 Å². The molecule has 0 saturated carbocycles. The number of aromatic amines is 1. The number of hydrogen-bond acceptors (Lipinski definition) is 5. The summed E-state index contributed by atoms with van der Waals surface area (Å²) < 4.78 is 14.3. The molecule has 4 rings (SSSR count). The summed E-state index contributed by atoms with van der Waals surface area (Å²) in [5.41, 5.74) is 1.49. The number of hydrogen-bond donors (Lipinski definition) is 4. The number of nitrogens with zero attached hydrogens (tertiary/aromatic N) is 1. The topological polar surface area (TPSA) is 124 Å². The molecule has 0 aliphatic rings. The molecule has 32 heavy (non-hydrogen) atoms. The molecule has 4 aromatic rings. The van der Waals surface area contributed by atoms with Crippen LogP contribution in [0.4, 0.5) is 10.1 Å². The Morgan fingerprint density at radius 2 is 1.91 bits per heavy atom. The van der Waals surface area contributed by atoms with Crippen molar-refractivity contribution < 1.29 is 19.1 Å². The molecule has 0 radical (unpaired) electrons. The predicted octanol–water partition coefficient (Wildman–Crippen LogP) is 2.95. The normalized spacial score (nSPS) is 10.9. The van der Waals surface area contributed by atoms with Gasteiger partial charge >= 0.3 is 5.97 Å². The summed E-state index contributed by atoms with van der Waals surface area (Å²) in [5, 5.41) is 16.0. The maximum Gasteiger partial charge on any atom is 0.322 e. The van der Waals surface area contributed by atoms with Gasteiger partial charge in [0, 0.05) is 12.2 Å². The SMILES string of the molecule is Cc1nc2ccc3ccc(CNc4ccc(C(=O)NCC(=O)O)c(F)c4)cc3c2c(=O)[nH]1. The third kappa shape index (κ3) is 4.27. The van der Waals surface area contributed by atoms with Crippen molar-refractivity contribution in [3.63, 3.8) is 0 Å². The lowest BCUT2D eigenvalue weighted by molar-refractivity contribution is -0.135. The molecule has 1 aromatic heterocycles. The molecule has 0 unspecified atom stereocenters. The number of halogens is 1. The van der Waals surface area contributed by atoms with Crippen molar-refractivity contribution in [1.82, 2.24) is 15.3 Å². The van der Waals surface area contributed by atoms with Crippen molar-refractivity contribution in [2.45, 2.75) is 13.5 Å². The van der Waals surface area contributed by atoms with Crippen molar-refractivity contribution in [2.24, 2.45) is 0 Å². The molecule has 0 spiro atoms. The van der Waals surface area contributed by atoms with Gasteiger partial charge in [0.1, 0.15) is 18.2 Å². The van der Waals surface area contributed by atoms with Crippen molar-refractivity contribution in [3.05, 3.63) is 81.7 Å². The minimum Gasteiger partial charge on any atom is -0.480 e. The van der Waals surface area contributed by atoms with E-state index in [2.05, 4.69) is 20.6 Å². The van der Waals surface area contributed by atoms with E-state index in [1.54, 1.807) is 6.92 Å². The molecule has 0 aliphatic carbocycles. The van der Waals surface area contributed by atoms with Crippen molar-refractivity contribution in [2.75, 3.05) is 11.9 Å². The lowest BCUT2D eigenvalue weighted by Gasteiger charge is -2.10. The molecule has 0 saturated heterocycles. The maximum atomic E-state index is 14.3. The average molecular weight is 434 g/mol. The van der Waals surface area contributed by atoms with Gasteiger partial charge in [-0.15, -0.1) is 0 Å². The number of carbonyl (C=O) groups excluding carboxylic acids is 1. The molecule has 0 bridgehead atoms. The maximum absolute atomic E-state index is 14.3. The predicted molar refractivity (Wildman–Crippen MR) is 118 cm³/mol. The lowest BCUT2D eigenvalue weighted by Crippen LogP contribution is -2.29. The summed E-state index contributed by atoms with van der Waals surface area (Å²) in [6.07, 6.45) is 0. The molecule has 0 atom stereocenters. The summed E-state index contributed by atoms with van der Waals surface area (Å²) in [6, 6.07) is 13.4. The number of aryl methyl sites for hydroxylation is 1. The smallest absolute Gasteiger partial charge is 0.322 e. The number of H-pyrrole nitrogens is 1. The van der Waals surface area contributed by atoms with Crippen LogP contribution in [0.3, 0.4) is 0 Å². The lowest BCUT2D eigenvalue weighted by atomic mass is 10.0. The van der Waals surface area contributed by atoms with Gasteiger partial charge in [0.15, 0.2) is 0 Å². The van der Waals surface area contributed by atoms with Gasteiger partial charge in [-0.1, -0.05) is 18.2 Å². The molecule has 162 valence electrons. The minimum absolute atomic E-state index is 0.206. The van der Waals surface area contributed by atoms with Crippen molar-refractivity contribution in [3.8, 4) is 0 Å². The van der Waals surface area contributed by atoms with E-state index in [9.17, 15) is 18.8 Å². The summed E-state index contributed by atoms with van der Waals surface area (Å²) >= 11 is 0. The number of carboxylic acids is 1. The summed E-state index contributed by atoms with van der Waals surface area (Å²) in [6.45, 7) is 1.49. The van der Waals surface area contributed by atoms with Crippen LogP contribution in [0, 0.1) is 12.7 Å². The monoisotopic (exact) mass is 434 g/mol. The number of benzene rings is 3. The van der Waals surface area contributed by atoms with Crippen LogP contribution in [0.15, 0.2) is 53.3 Å². The highest BCUT2D eigenvalue weighted by atomic mass is 19.1. The number of anilines is 1. The van der Waals surface area contributed by atoms with E-state index in [1.807, 2.05) is 30.3 Å². The van der Waals surface area contributed by atoms with Gasteiger partial charge in [0.2, 0.25) is 0 Å². The number of carbonyl (C=O) groups is 2. The standard InChI is InChI=1S/C23H19FN4O4/c1-12-27-19-7-4-14-3-2-13(8-17(14)21(19)23(32)28-12)10-25-15-5-6-16(18(24)9-15)22(31)26-11-20(29)30/h2-9,25H,10-11H2,1H3,(H,26,31)(H,29,30)(H,27,28,32). The Morgan fingerprint density at radius 3 is 2.66 bits per heavy atom. The number of aromatic nitrogens is 2. The van der Waals surface area contributed by atoms with E-state index in [0.29, 0.717) is 29.0 Å². The second kappa shape index (κ2) is 8.46. The average Bonchev–Trinajstić information content (AvgIpc) is 2.75. The molecule has 1 amide bonds. The van der Waals surface area contributed by atoms with E-state index in [1.165, 1.54) is 18.2 Å². The molecule has 0 aliphatic heterocycles. The van der Waals surface area contributed by atoms with Gasteiger partial charge in [0.05, 0.1) is 16.5 Å².